The van der Waals surface area contributed by atoms with E-state index in [-0.39, 0.29) is 11.9 Å². The molecule has 2 aromatic carbocycles. The number of nitrogens with zero attached hydrogens (tertiary/aromatic N) is 2. The fraction of sp³-hybridized carbons (Fsp3) is 0.292. The Morgan fingerprint density at radius 2 is 1.89 bits per heavy atom. The van der Waals surface area contributed by atoms with E-state index in [0.717, 1.165) is 30.6 Å². The van der Waals surface area contributed by atoms with Gasteiger partial charge in [-0.05, 0) is 48.7 Å². The van der Waals surface area contributed by atoms with E-state index in [4.69, 9.17) is 0 Å². The second-order valence-corrected chi connectivity index (χ2v) is 7.63. The van der Waals surface area contributed by atoms with Gasteiger partial charge >= 0.3 is 0 Å². The van der Waals surface area contributed by atoms with Crippen LogP contribution in [0.1, 0.15) is 38.8 Å². The molecule has 1 N–H and O–H groups in total. The Bertz CT molecular complexity index is 975. The van der Waals surface area contributed by atoms with Crippen LogP contribution in [0.5, 0.6) is 0 Å². The van der Waals surface area contributed by atoms with Gasteiger partial charge in [0.1, 0.15) is 0 Å². The Hall–Kier alpha value is -2.85. The predicted octanol–water partition coefficient (Wildman–Crippen LogP) is 3.86. The van der Waals surface area contributed by atoms with Crippen molar-refractivity contribution in [3.63, 3.8) is 0 Å². The molecular formula is C24H27N3O. The van der Waals surface area contributed by atoms with Gasteiger partial charge in [0, 0.05) is 44.1 Å². The summed E-state index contributed by atoms with van der Waals surface area (Å²) in [4.78, 5) is 15.2. The third-order valence-electron chi connectivity index (χ3n) is 5.66. The molecule has 1 atom stereocenters. The van der Waals surface area contributed by atoms with Gasteiger partial charge in [-0.1, -0.05) is 42.0 Å². The molecule has 4 rings (SSSR count). The first-order valence-corrected chi connectivity index (χ1v) is 9.89. The lowest BCUT2D eigenvalue weighted by molar-refractivity contribution is 0.0925. The highest BCUT2D eigenvalue weighted by atomic mass is 16.1. The molecular weight excluding hydrogens is 346 g/mol. The zero-order valence-electron chi connectivity index (χ0n) is 16.6. The Kier molecular flexibility index (Phi) is 5.31. The van der Waals surface area contributed by atoms with Crippen molar-refractivity contribution in [3.8, 4) is 0 Å². The van der Waals surface area contributed by atoms with Gasteiger partial charge in [0.15, 0.2) is 0 Å². The van der Waals surface area contributed by atoms with Crippen LogP contribution in [0.25, 0.3) is 0 Å². The molecule has 0 spiro atoms. The number of carbonyl (C=O) groups excluding carboxylic acids is 1. The number of fused-ring (bicyclic) bond motifs is 1. The molecule has 0 aliphatic carbocycles. The first-order chi connectivity index (χ1) is 13.6. The largest absolute Gasteiger partial charge is 0.353 e. The summed E-state index contributed by atoms with van der Waals surface area (Å²) in [6.07, 6.45) is 3.12. The van der Waals surface area contributed by atoms with Crippen LogP contribution in [-0.4, -0.2) is 28.5 Å². The summed E-state index contributed by atoms with van der Waals surface area (Å²) < 4.78 is 2.16. The molecule has 0 bridgehead atoms. The van der Waals surface area contributed by atoms with Crippen LogP contribution >= 0.6 is 0 Å². The molecule has 4 nitrogen and oxygen atoms in total. The van der Waals surface area contributed by atoms with Crippen molar-refractivity contribution >= 4 is 5.91 Å². The smallest absolute Gasteiger partial charge is 0.251 e. The average molecular weight is 374 g/mol. The SMILES string of the molecule is Cc1cccc(C(=O)NCC(c2cccn2C)N2CCc3ccccc3C2)c1. The molecule has 0 fully saturated rings. The zero-order valence-corrected chi connectivity index (χ0v) is 16.6. The highest BCUT2D eigenvalue weighted by Crippen LogP contribution is 2.27. The first kappa shape index (κ1) is 18.5. The van der Waals surface area contributed by atoms with Gasteiger partial charge in [0.05, 0.1) is 6.04 Å². The number of aryl methyl sites for hydroxylation is 2. The van der Waals surface area contributed by atoms with Crippen molar-refractivity contribution in [2.45, 2.75) is 25.9 Å². The van der Waals surface area contributed by atoms with Crippen molar-refractivity contribution in [3.05, 3.63) is 94.8 Å². The summed E-state index contributed by atoms with van der Waals surface area (Å²) in [5.74, 6) is -0.0136. The molecule has 0 saturated heterocycles. The number of rotatable bonds is 5. The highest BCUT2D eigenvalue weighted by Gasteiger charge is 2.26. The van der Waals surface area contributed by atoms with Crippen LogP contribution in [0, 0.1) is 6.92 Å². The van der Waals surface area contributed by atoms with Gasteiger partial charge in [-0.15, -0.1) is 0 Å². The highest BCUT2D eigenvalue weighted by molar-refractivity contribution is 5.94. The summed E-state index contributed by atoms with van der Waals surface area (Å²) >= 11 is 0. The quantitative estimate of drug-likeness (QED) is 0.737. The lowest BCUT2D eigenvalue weighted by Gasteiger charge is -2.36. The Labute approximate surface area is 166 Å². The van der Waals surface area contributed by atoms with Crippen LogP contribution < -0.4 is 5.32 Å². The lowest BCUT2D eigenvalue weighted by atomic mass is 9.97. The number of nitrogens with one attached hydrogen (secondary N) is 1. The molecule has 1 aliphatic rings. The van der Waals surface area contributed by atoms with Gasteiger partial charge in [0.25, 0.3) is 5.91 Å². The van der Waals surface area contributed by atoms with E-state index in [1.807, 2.05) is 31.2 Å². The predicted molar refractivity (Wildman–Crippen MR) is 112 cm³/mol. The standard InChI is InChI=1S/C24H27N3O/c1-18-7-5-10-20(15-18)24(28)25-16-23(22-11-6-13-26(22)2)27-14-12-19-8-3-4-9-21(19)17-27/h3-11,13,15,23H,12,14,16-17H2,1-2H3,(H,25,28). The van der Waals surface area contributed by atoms with E-state index in [1.54, 1.807) is 0 Å². The maximum Gasteiger partial charge on any atom is 0.251 e. The first-order valence-electron chi connectivity index (χ1n) is 9.89. The van der Waals surface area contributed by atoms with E-state index in [0.29, 0.717) is 6.54 Å². The maximum atomic E-state index is 12.7. The van der Waals surface area contributed by atoms with E-state index < -0.39 is 0 Å². The van der Waals surface area contributed by atoms with Gasteiger partial charge < -0.3 is 9.88 Å². The second-order valence-electron chi connectivity index (χ2n) is 7.63. The van der Waals surface area contributed by atoms with Gasteiger partial charge in [-0.2, -0.15) is 0 Å². The Morgan fingerprint density at radius 3 is 2.64 bits per heavy atom. The van der Waals surface area contributed by atoms with E-state index in [2.05, 4.69) is 64.4 Å². The fourth-order valence-corrected chi connectivity index (χ4v) is 4.10. The van der Waals surface area contributed by atoms with Crippen LogP contribution in [0.3, 0.4) is 0 Å². The zero-order chi connectivity index (χ0) is 19.5. The van der Waals surface area contributed by atoms with Crippen LogP contribution in [0.15, 0.2) is 66.9 Å². The van der Waals surface area contributed by atoms with Crippen molar-refractivity contribution in [2.75, 3.05) is 13.1 Å². The van der Waals surface area contributed by atoms with E-state index in [1.165, 1.54) is 16.8 Å². The summed E-state index contributed by atoms with van der Waals surface area (Å²) in [6.45, 7) is 4.50. The van der Waals surface area contributed by atoms with Gasteiger partial charge in [-0.3, -0.25) is 9.69 Å². The summed E-state index contributed by atoms with van der Waals surface area (Å²) in [6, 6.07) is 20.8. The second kappa shape index (κ2) is 8.03. The average Bonchev–Trinajstić information content (AvgIpc) is 3.13. The molecule has 3 aromatic rings. The molecule has 2 heterocycles. The number of hydrogen-bond donors (Lipinski definition) is 1. The number of amides is 1. The number of carbonyl (C=O) groups is 1. The summed E-state index contributed by atoms with van der Waals surface area (Å²) in [5.41, 5.74) is 5.86. The molecule has 1 aromatic heterocycles. The van der Waals surface area contributed by atoms with E-state index in [9.17, 15) is 4.79 Å². The van der Waals surface area contributed by atoms with Crippen LogP contribution in [-0.2, 0) is 20.0 Å². The molecule has 1 amide bonds. The Morgan fingerprint density at radius 1 is 1.07 bits per heavy atom. The minimum atomic E-state index is -0.0136. The molecule has 4 heteroatoms. The van der Waals surface area contributed by atoms with Crippen molar-refractivity contribution < 1.29 is 4.79 Å². The number of benzene rings is 2. The topological polar surface area (TPSA) is 37.3 Å². The van der Waals surface area contributed by atoms with Gasteiger partial charge in [0.2, 0.25) is 0 Å². The third kappa shape index (κ3) is 3.87. The minimum absolute atomic E-state index is 0.0136. The molecule has 0 radical (unpaired) electrons. The summed E-state index contributed by atoms with van der Waals surface area (Å²) in [5, 5.41) is 3.17. The molecule has 1 unspecified atom stereocenters. The van der Waals surface area contributed by atoms with E-state index >= 15 is 0 Å². The number of hydrogen-bond acceptors (Lipinski definition) is 2. The van der Waals surface area contributed by atoms with Crippen LogP contribution in [0.2, 0.25) is 0 Å². The van der Waals surface area contributed by atoms with Crippen molar-refractivity contribution in [1.82, 2.24) is 14.8 Å². The van der Waals surface area contributed by atoms with Crippen LogP contribution in [0.4, 0.5) is 0 Å². The lowest BCUT2D eigenvalue weighted by Crippen LogP contribution is -2.41. The molecule has 28 heavy (non-hydrogen) atoms. The Balaban J connectivity index is 1.54. The molecule has 0 saturated carbocycles. The normalized spacial score (nSPS) is 15.1. The fourth-order valence-electron chi connectivity index (χ4n) is 4.10. The monoisotopic (exact) mass is 373 g/mol. The molecule has 144 valence electrons. The molecule has 1 aliphatic heterocycles. The third-order valence-corrected chi connectivity index (χ3v) is 5.66. The number of aromatic nitrogens is 1. The maximum absolute atomic E-state index is 12.7. The van der Waals surface area contributed by atoms with Gasteiger partial charge in [-0.25, -0.2) is 0 Å². The summed E-state index contributed by atoms with van der Waals surface area (Å²) in [7, 11) is 2.07. The minimum Gasteiger partial charge on any atom is -0.353 e. The van der Waals surface area contributed by atoms with Crippen molar-refractivity contribution in [1.29, 1.82) is 0 Å². The van der Waals surface area contributed by atoms with Crippen molar-refractivity contribution in [2.24, 2.45) is 7.05 Å².